The number of aliphatic hydroxyl groups is 1. The van der Waals surface area contributed by atoms with E-state index in [0.29, 0.717) is 35.9 Å². The van der Waals surface area contributed by atoms with E-state index in [-0.39, 0.29) is 36.8 Å². The zero-order valence-corrected chi connectivity index (χ0v) is 29.0. The molecular formula is C38H40N10O5. The van der Waals surface area contributed by atoms with Gasteiger partial charge in [-0.05, 0) is 79.7 Å². The molecule has 0 unspecified atom stereocenters. The fourth-order valence-corrected chi connectivity index (χ4v) is 5.10. The molecule has 0 atom stereocenters. The fraction of sp³-hybridized carbons (Fsp3) is 0.158. The quantitative estimate of drug-likeness (QED) is 0.0716. The first-order chi connectivity index (χ1) is 25.7. The maximum absolute atomic E-state index is 11.5. The predicted octanol–water partition coefficient (Wildman–Crippen LogP) is 6.35. The Morgan fingerprint density at radius 1 is 0.585 bits per heavy atom. The van der Waals surface area contributed by atoms with E-state index in [1.54, 1.807) is 54.8 Å². The molecule has 0 aliphatic carbocycles. The molecule has 53 heavy (non-hydrogen) atoms. The van der Waals surface area contributed by atoms with Gasteiger partial charge in [-0.25, -0.2) is 0 Å². The molecule has 0 aliphatic heterocycles. The molecule has 0 saturated heterocycles. The van der Waals surface area contributed by atoms with Crippen LogP contribution in [0.1, 0.15) is 29.7 Å². The number of non-ortho nitro benzene ring substituents is 1. The van der Waals surface area contributed by atoms with Crippen LogP contribution in [0.3, 0.4) is 0 Å². The second-order valence-electron chi connectivity index (χ2n) is 11.3. The Morgan fingerprint density at radius 2 is 0.981 bits per heavy atom. The Labute approximate surface area is 306 Å². The third-order valence-electron chi connectivity index (χ3n) is 7.42. The predicted molar refractivity (Wildman–Crippen MR) is 204 cm³/mol. The molecule has 0 aliphatic rings. The summed E-state index contributed by atoms with van der Waals surface area (Å²) in [5.74, 6) is 0. The minimum Gasteiger partial charge on any atom is -0.399 e. The van der Waals surface area contributed by atoms with E-state index < -0.39 is 9.85 Å². The van der Waals surface area contributed by atoms with Crippen molar-refractivity contribution in [1.29, 1.82) is 0 Å². The minimum absolute atomic E-state index is 0.250. The number of aliphatic hydroxyl groups excluding tert-OH is 1. The van der Waals surface area contributed by atoms with Crippen molar-refractivity contribution in [1.82, 2.24) is 19.9 Å². The topological polar surface area (TPSA) is 217 Å². The second-order valence-corrected chi connectivity index (χ2v) is 11.3. The minimum atomic E-state index is -0.654. The van der Waals surface area contributed by atoms with Gasteiger partial charge in [0.25, 0.3) is 11.4 Å². The van der Waals surface area contributed by atoms with E-state index >= 15 is 0 Å². The van der Waals surface area contributed by atoms with E-state index in [9.17, 15) is 20.2 Å². The van der Waals surface area contributed by atoms with Gasteiger partial charge in [-0.1, -0.05) is 24.3 Å². The van der Waals surface area contributed by atoms with Crippen LogP contribution in [0.25, 0.3) is 0 Å². The Bertz CT molecular complexity index is 1940. The number of nitrogen functional groups attached to an aromatic ring is 2. The molecule has 0 amide bonds. The summed E-state index contributed by atoms with van der Waals surface area (Å²) in [6.07, 6.45) is 6.86. The van der Waals surface area contributed by atoms with Crippen LogP contribution < -0.4 is 21.3 Å². The summed E-state index contributed by atoms with van der Waals surface area (Å²) in [5, 5.41) is 30.1. The number of nitrogens with zero attached hydrogens (tertiary/aromatic N) is 8. The molecule has 15 nitrogen and oxygen atoms in total. The molecule has 4 heterocycles. The number of rotatable bonds is 12. The lowest BCUT2D eigenvalue weighted by Crippen LogP contribution is -2.24. The number of nitro groups is 2. The number of nitro benzene ring substituents is 2. The third kappa shape index (κ3) is 12.1. The van der Waals surface area contributed by atoms with Gasteiger partial charge in [0.2, 0.25) is 0 Å². The van der Waals surface area contributed by atoms with Crippen molar-refractivity contribution in [3.05, 3.63) is 177 Å². The highest BCUT2D eigenvalue weighted by Crippen LogP contribution is 2.34. The molecule has 15 heteroatoms. The summed E-state index contributed by atoms with van der Waals surface area (Å²) in [6.45, 7) is 3.79. The molecule has 0 fully saturated rings. The first kappa shape index (κ1) is 38.8. The summed E-state index contributed by atoms with van der Waals surface area (Å²) in [6, 6.07) is 31.8. The maximum atomic E-state index is 11.5. The molecule has 6 aromatic rings. The molecule has 0 bridgehead atoms. The molecule has 4 aromatic heterocycles. The molecule has 0 saturated carbocycles. The molecule has 6 rings (SSSR count). The van der Waals surface area contributed by atoms with E-state index in [1.807, 2.05) is 72.8 Å². The van der Waals surface area contributed by atoms with Crippen molar-refractivity contribution < 1.29 is 15.0 Å². The van der Waals surface area contributed by atoms with Crippen LogP contribution in [0.15, 0.2) is 134 Å². The molecule has 0 spiro atoms. The number of nitrogens with two attached hydrogens (primary N) is 2. The molecule has 2 aromatic carbocycles. The maximum Gasteiger partial charge on any atom is 0.299 e. The van der Waals surface area contributed by atoms with Gasteiger partial charge in [0.05, 0.1) is 76.2 Å². The van der Waals surface area contributed by atoms with E-state index in [0.717, 1.165) is 23.1 Å². The van der Waals surface area contributed by atoms with Gasteiger partial charge in [-0.2, -0.15) is 0 Å². The average Bonchev–Trinajstić information content (AvgIpc) is 3.16. The smallest absolute Gasteiger partial charge is 0.299 e. The van der Waals surface area contributed by atoms with E-state index in [1.165, 1.54) is 12.1 Å². The SMILES string of the molecule is CCO.Nc1ccc(N(Cc2ccccn2)Cc2ccccn2)c(N)c1.O=[N+]([O-])c1ccc(N(Cc2ccccn2)Cc2ccccn2)c([N+](=O)[O-])c1. The van der Waals surface area contributed by atoms with Gasteiger partial charge >= 0.3 is 0 Å². The fourth-order valence-electron chi connectivity index (χ4n) is 5.10. The van der Waals surface area contributed by atoms with Crippen molar-refractivity contribution in [2.45, 2.75) is 33.1 Å². The number of anilines is 4. The van der Waals surface area contributed by atoms with Gasteiger partial charge in [0, 0.05) is 43.1 Å². The number of pyridine rings is 4. The monoisotopic (exact) mass is 716 g/mol. The second kappa shape index (κ2) is 20.0. The van der Waals surface area contributed by atoms with Crippen molar-refractivity contribution >= 4 is 34.1 Å². The zero-order valence-electron chi connectivity index (χ0n) is 29.0. The van der Waals surface area contributed by atoms with Gasteiger partial charge in [0.1, 0.15) is 5.69 Å². The van der Waals surface area contributed by atoms with Crippen LogP contribution in [0, 0.1) is 20.2 Å². The van der Waals surface area contributed by atoms with Crippen LogP contribution in [-0.2, 0) is 26.2 Å². The lowest BCUT2D eigenvalue weighted by Gasteiger charge is -2.25. The van der Waals surface area contributed by atoms with Crippen LogP contribution in [0.4, 0.5) is 34.1 Å². The number of benzene rings is 2. The van der Waals surface area contributed by atoms with Crippen molar-refractivity contribution in [2.75, 3.05) is 27.9 Å². The van der Waals surface area contributed by atoms with Crippen molar-refractivity contribution in [3.8, 4) is 0 Å². The molecular weight excluding hydrogens is 676 g/mol. The standard InChI is InChI=1S/C18H15N5O4.C18H19N5.C2H6O/c24-22(25)16-7-8-17(18(11-16)23(26)27)21(12-14-5-1-3-9-19-14)13-15-6-2-4-10-20-15;19-14-7-8-18(17(20)11-14)23(12-15-5-1-3-9-21-15)13-16-6-2-4-10-22-16;1-2-3/h1-11H,12-13H2;1-11H,12-13,19-20H2;3H,2H2,1H3. The first-order valence-corrected chi connectivity index (χ1v) is 16.5. The first-order valence-electron chi connectivity index (χ1n) is 16.5. The summed E-state index contributed by atoms with van der Waals surface area (Å²) < 4.78 is 0. The summed E-state index contributed by atoms with van der Waals surface area (Å²) in [4.78, 5) is 42.5. The highest BCUT2D eigenvalue weighted by atomic mass is 16.6. The Morgan fingerprint density at radius 3 is 1.32 bits per heavy atom. The highest BCUT2D eigenvalue weighted by molar-refractivity contribution is 5.72. The van der Waals surface area contributed by atoms with E-state index in [4.69, 9.17) is 16.6 Å². The summed E-state index contributed by atoms with van der Waals surface area (Å²) >= 11 is 0. The molecule has 5 N–H and O–H groups in total. The van der Waals surface area contributed by atoms with Crippen LogP contribution in [-0.4, -0.2) is 41.5 Å². The molecule has 0 radical (unpaired) electrons. The zero-order chi connectivity index (χ0) is 38.0. The largest absolute Gasteiger partial charge is 0.399 e. The van der Waals surface area contributed by atoms with Gasteiger partial charge in [-0.15, -0.1) is 0 Å². The van der Waals surface area contributed by atoms with Crippen molar-refractivity contribution in [3.63, 3.8) is 0 Å². The van der Waals surface area contributed by atoms with Crippen molar-refractivity contribution in [2.24, 2.45) is 0 Å². The normalized spacial score (nSPS) is 10.2. The molecule has 272 valence electrons. The van der Waals surface area contributed by atoms with Crippen LogP contribution in [0.2, 0.25) is 0 Å². The average molecular weight is 717 g/mol. The Balaban J connectivity index is 0.000000223. The number of hydrogen-bond donors (Lipinski definition) is 3. The Kier molecular flexibility index (Phi) is 14.6. The van der Waals surface area contributed by atoms with Gasteiger partial charge in [-0.3, -0.25) is 40.2 Å². The van der Waals surface area contributed by atoms with E-state index in [2.05, 4.69) is 24.8 Å². The van der Waals surface area contributed by atoms with Gasteiger partial charge in [0.15, 0.2) is 0 Å². The lowest BCUT2D eigenvalue weighted by atomic mass is 10.2. The van der Waals surface area contributed by atoms with Gasteiger partial charge < -0.3 is 26.4 Å². The number of hydrogen-bond acceptors (Lipinski definition) is 13. The number of aromatic nitrogens is 4. The van der Waals surface area contributed by atoms with Crippen LogP contribution in [0.5, 0.6) is 0 Å². The lowest BCUT2D eigenvalue weighted by molar-refractivity contribution is -0.393. The third-order valence-corrected chi connectivity index (χ3v) is 7.42. The Hall–Kier alpha value is -7.00. The highest BCUT2D eigenvalue weighted by Gasteiger charge is 2.24. The summed E-state index contributed by atoms with van der Waals surface area (Å²) in [5.41, 5.74) is 17.2. The van der Waals surface area contributed by atoms with Crippen LogP contribution >= 0.6 is 0 Å². The summed E-state index contributed by atoms with van der Waals surface area (Å²) in [7, 11) is 0.